The normalized spacial score (nSPS) is 11.4. The molecule has 4 nitrogen and oxygen atoms in total. The predicted molar refractivity (Wildman–Crippen MR) is 27.0 cm³/mol. The van der Waals surface area contributed by atoms with Crippen LogP contribution in [0.1, 0.15) is 0 Å². The summed E-state index contributed by atoms with van der Waals surface area (Å²) >= 11 is 0. The SMILES string of the molecule is COC(N)(C=O)OC. The lowest BCUT2D eigenvalue weighted by molar-refractivity contribution is -0.192. The van der Waals surface area contributed by atoms with Crippen molar-refractivity contribution < 1.29 is 14.3 Å². The van der Waals surface area contributed by atoms with E-state index in [1.54, 1.807) is 0 Å². The fraction of sp³-hybridized carbons (Fsp3) is 0.750. The average Bonchev–Trinajstić information content (AvgIpc) is 1.87. The molecule has 0 heterocycles. The second kappa shape index (κ2) is 2.76. The van der Waals surface area contributed by atoms with Gasteiger partial charge in [0.05, 0.1) is 0 Å². The van der Waals surface area contributed by atoms with E-state index in [0.717, 1.165) is 0 Å². The van der Waals surface area contributed by atoms with Crippen LogP contribution in [0.4, 0.5) is 0 Å². The van der Waals surface area contributed by atoms with E-state index in [1.807, 2.05) is 0 Å². The lowest BCUT2D eigenvalue weighted by Gasteiger charge is -2.17. The molecule has 4 heteroatoms. The van der Waals surface area contributed by atoms with Crippen LogP contribution >= 0.6 is 0 Å². The molecule has 0 fully saturated rings. The van der Waals surface area contributed by atoms with E-state index >= 15 is 0 Å². The zero-order valence-electron chi connectivity index (χ0n) is 4.88. The first-order chi connectivity index (χ1) is 3.68. The molecule has 0 saturated heterocycles. The van der Waals surface area contributed by atoms with E-state index in [2.05, 4.69) is 9.47 Å². The highest BCUT2D eigenvalue weighted by molar-refractivity contribution is 5.58. The first-order valence-corrected chi connectivity index (χ1v) is 2.04. The number of hydrogen-bond acceptors (Lipinski definition) is 4. The number of ether oxygens (including phenoxy) is 2. The van der Waals surface area contributed by atoms with Crippen LogP contribution in [-0.4, -0.2) is 26.4 Å². The van der Waals surface area contributed by atoms with Crippen LogP contribution in [0.2, 0.25) is 0 Å². The van der Waals surface area contributed by atoms with Crippen molar-refractivity contribution in [3.05, 3.63) is 0 Å². The second-order valence-corrected chi connectivity index (χ2v) is 1.25. The first-order valence-electron chi connectivity index (χ1n) is 2.04. The van der Waals surface area contributed by atoms with Crippen molar-refractivity contribution in [2.24, 2.45) is 5.73 Å². The summed E-state index contributed by atoms with van der Waals surface area (Å²) in [6.07, 6.45) is 0.382. The minimum Gasteiger partial charge on any atom is -0.335 e. The summed E-state index contributed by atoms with van der Waals surface area (Å²) in [7, 11) is 2.58. The fourth-order valence-electron chi connectivity index (χ4n) is 0.180. The standard InChI is InChI=1S/C4H9NO3/c1-7-4(5,3-6)8-2/h3H,5H2,1-2H3. The molecular formula is C4H9NO3. The zero-order chi connectivity index (χ0) is 6.62. The average molecular weight is 119 g/mol. The van der Waals surface area contributed by atoms with E-state index in [9.17, 15) is 4.79 Å². The molecule has 0 atom stereocenters. The highest BCUT2D eigenvalue weighted by atomic mass is 16.7. The number of aldehydes is 1. The van der Waals surface area contributed by atoms with Crippen LogP contribution in [0.3, 0.4) is 0 Å². The Bertz CT molecular complexity index is 79.4. The van der Waals surface area contributed by atoms with Gasteiger partial charge in [0.25, 0.3) is 5.91 Å². The number of methoxy groups -OCH3 is 2. The number of carbonyl (C=O) groups is 1. The summed E-state index contributed by atoms with van der Waals surface area (Å²) in [6.45, 7) is 0. The smallest absolute Gasteiger partial charge is 0.284 e. The van der Waals surface area contributed by atoms with Crippen LogP contribution in [0, 0.1) is 0 Å². The Kier molecular flexibility index (Phi) is 2.60. The van der Waals surface area contributed by atoms with E-state index in [0.29, 0.717) is 6.29 Å². The molecule has 0 aliphatic carbocycles. The molecule has 2 N–H and O–H groups in total. The molecule has 0 radical (unpaired) electrons. The third kappa shape index (κ3) is 1.57. The minimum absolute atomic E-state index is 0.382. The van der Waals surface area contributed by atoms with Gasteiger partial charge < -0.3 is 9.47 Å². The quantitative estimate of drug-likeness (QED) is 0.386. The van der Waals surface area contributed by atoms with Crippen molar-refractivity contribution in [1.29, 1.82) is 0 Å². The molecule has 0 aromatic heterocycles. The molecule has 0 spiro atoms. The van der Waals surface area contributed by atoms with Crippen molar-refractivity contribution in [2.45, 2.75) is 5.91 Å². The third-order valence-electron chi connectivity index (χ3n) is 0.802. The summed E-state index contributed by atoms with van der Waals surface area (Å²) in [5.41, 5.74) is 5.08. The molecule has 0 aliphatic rings. The highest BCUT2D eigenvalue weighted by Gasteiger charge is 2.21. The van der Waals surface area contributed by atoms with Gasteiger partial charge in [0.2, 0.25) is 0 Å². The van der Waals surface area contributed by atoms with E-state index < -0.39 is 5.91 Å². The summed E-state index contributed by atoms with van der Waals surface area (Å²) in [6, 6.07) is 0. The molecular weight excluding hydrogens is 110 g/mol. The molecule has 0 unspecified atom stereocenters. The fourth-order valence-corrected chi connectivity index (χ4v) is 0.180. The maximum absolute atomic E-state index is 9.91. The van der Waals surface area contributed by atoms with Gasteiger partial charge in [-0.2, -0.15) is 0 Å². The predicted octanol–water partition coefficient (Wildman–Crippen LogP) is -0.909. The van der Waals surface area contributed by atoms with Gasteiger partial charge >= 0.3 is 0 Å². The summed E-state index contributed by atoms with van der Waals surface area (Å²) < 4.78 is 8.85. The number of nitrogens with two attached hydrogens (primary N) is 1. The first kappa shape index (κ1) is 7.55. The molecule has 0 aliphatic heterocycles. The van der Waals surface area contributed by atoms with Gasteiger partial charge in [-0.1, -0.05) is 0 Å². The Morgan fingerprint density at radius 3 is 1.88 bits per heavy atom. The Balaban J connectivity index is 3.76. The van der Waals surface area contributed by atoms with Crippen LogP contribution in [0.25, 0.3) is 0 Å². The maximum Gasteiger partial charge on any atom is 0.284 e. The van der Waals surface area contributed by atoms with Crippen LogP contribution in [0.5, 0.6) is 0 Å². The lowest BCUT2D eigenvalue weighted by atomic mass is 10.6. The highest BCUT2D eigenvalue weighted by Crippen LogP contribution is 1.94. The summed E-state index contributed by atoms with van der Waals surface area (Å²) in [4.78, 5) is 9.91. The second-order valence-electron chi connectivity index (χ2n) is 1.25. The van der Waals surface area contributed by atoms with Crippen LogP contribution < -0.4 is 5.73 Å². The summed E-state index contributed by atoms with van der Waals surface area (Å²) in [5.74, 6) is -1.56. The van der Waals surface area contributed by atoms with Crippen LogP contribution in [-0.2, 0) is 14.3 Å². The van der Waals surface area contributed by atoms with Gasteiger partial charge in [0.1, 0.15) is 0 Å². The molecule has 0 rings (SSSR count). The molecule has 48 valence electrons. The Morgan fingerprint density at radius 2 is 1.88 bits per heavy atom. The number of rotatable bonds is 3. The Hall–Kier alpha value is -0.450. The summed E-state index contributed by atoms with van der Waals surface area (Å²) in [5, 5.41) is 0. The monoisotopic (exact) mass is 119 g/mol. The lowest BCUT2D eigenvalue weighted by Crippen LogP contribution is -2.45. The van der Waals surface area contributed by atoms with Gasteiger partial charge in [-0.15, -0.1) is 0 Å². The van der Waals surface area contributed by atoms with Gasteiger partial charge in [0, 0.05) is 14.2 Å². The zero-order valence-corrected chi connectivity index (χ0v) is 4.88. The van der Waals surface area contributed by atoms with Gasteiger partial charge in [-0.25, -0.2) is 0 Å². The van der Waals surface area contributed by atoms with E-state index in [-0.39, 0.29) is 0 Å². The van der Waals surface area contributed by atoms with Crippen molar-refractivity contribution in [3.8, 4) is 0 Å². The van der Waals surface area contributed by atoms with Crippen molar-refractivity contribution in [3.63, 3.8) is 0 Å². The van der Waals surface area contributed by atoms with E-state index in [4.69, 9.17) is 5.73 Å². The molecule has 0 amide bonds. The Morgan fingerprint density at radius 1 is 1.50 bits per heavy atom. The molecule has 0 aromatic rings. The van der Waals surface area contributed by atoms with Crippen molar-refractivity contribution in [2.75, 3.05) is 14.2 Å². The number of carbonyl (C=O) groups excluding carboxylic acids is 1. The Labute approximate surface area is 47.6 Å². The molecule has 0 saturated carbocycles. The maximum atomic E-state index is 9.91. The minimum atomic E-state index is -1.56. The van der Waals surface area contributed by atoms with Gasteiger partial charge in [0.15, 0.2) is 6.29 Å². The van der Waals surface area contributed by atoms with Gasteiger partial charge in [-0.05, 0) is 0 Å². The van der Waals surface area contributed by atoms with E-state index in [1.165, 1.54) is 14.2 Å². The third-order valence-corrected chi connectivity index (χ3v) is 0.802. The molecule has 0 bridgehead atoms. The van der Waals surface area contributed by atoms with Crippen molar-refractivity contribution >= 4 is 6.29 Å². The molecule has 8 heavy (non-hydrogen) atoms. The molecule has 0 aromatic carbocycles. The van der Waals surface area contributed by atoms with Crippen LogP contribution in [0.15, 0.2) is 0 Å². The van der Waals surface area contributed by atoms with Crippen molar-refractivity contribution in [1.82, 2.24) is 0 Å². The topological polar surface area (TPSA) is 61.5 Å². The van der Waals surface area contributed by atoms with Gasteiger partial charge in [-0.3, -0.25) is 10.5 Å². The number of hydrogen-bond donors (Lipinski definition) is 1. The largest absolute Gasteiger partial charge is 0.335 e.